The first-order chi connectivity index (χ1) is 9.13. The van der Waals surface area contributed by atoms with Crippen LogP contribution in [0.2, 0.25) is 0 Å². The van der Waals surface area contributed by atoms with Gasteiger partial charge in [0.1, 0.15) is 29.6 Å². The van der Waals surface area contributed by atoms with E-state index >= 15 is 0 Å². The average molecular weight is 262 g/mol. The lowest BCUT2D eigenvalue weighted by atomic mass is 9.89. The summed E-state index contributed by atoms with van der Waals surface area (Å²) in [6.07, 6.45) is 5.68. The number of carboxylic acids is 1. The molecule has 0 bridgehead atoms. The molecule has 3 rings (SSSR count). The summed E-state index contributed by atoms with van der Waals surface area (Å²) in [5.74, 6) is -0.458. The quantitative estimate of drug-likeness (QED) is 0.881. The number of rotatable bonds is 2. The van der Waals surface area contributed by atoms with Crippen molar-refractivity contribution in [2.75, 3.05) is 0 Å². The van der Waals surface area contributed by atoms with Crippen molar-refractivity contribution in [2.24, 2.45) is 0 Å². The summed E-state index contributed by atoms with van der Waals surface area (Å²) in [7, 11) is 0. The lowest BCUT2D eigenvalue weighted by molar-refractivity contribution is -0.136. The first-order valence-corrected chi connectivity index (χ1v) is 6.39. The minimum Gasteiger partial charge on any atom is -0.485 e. The Morgan fingerprint density at radius 1 is 1.42 bits per heavy atom. The molecular formula is C14H14O5. The van der Waals surface area contributed by atoms with Gasteiger partial charge in [-0.1, -0.05) is 0 Å². The smallest absolute Gasteiger partial charge is 0.347 e. The van der Waals surface area contributed by atoms with Crippen LogP contribution in [-0.2, 0) is 11.2 Å². The molecule has 1 aromatic rings. The van der Waals surface area contributed by atoms with Gasteiger partial charge in [-0.3, -0.25) is 4.79 Å². The van der Waals surface area contributed by atoms with Gasteiger partial charge in [-0.05, 0) is 37.3 Å². The Morgan fingerprint density at radius 2 is 2.26 bits per heavy atom. The zero-order valence-electron chi connectivity index (χ0n) is 10.3. The van der Waals surface area contributed by atoms with Crippen molar-refractivity contribution < 1.29 is 19.1 Å². The number of carbonyl (C=O) groups is 1. The van der Waals surface area contributed by atoms with E-state index in [0.717, 1.165) is 31.3 Å². The summed E-state index contributed by atoms with van der Waals surface area (Å²) >= 11 is 0. The molecule has 0 saturated heterocycles. The second-order valence-corrected chi connectivity index (χ2v) is 4.92. The summed E-state index contributed by atoms with van der Waals surface area (Å²) in [4.78, 5) is 22.5. The maximum Gasteiger partial charge on any atom is 0.347 e. The molecule has 0 aromatic carbocycles. The highest BCUT2D eigenvalue weighted by atomic mass is 16.5. The second-order valence-electron chi connectivity index (χ2n) is 4.92. The van der Waals surface area contributed by atoms with Crippen LogP contribution in [0, 0.1) is 0 Å². The zero-order chi connectivity index (χ0) is 13.4. The minimum absolute atomic E-state index is 0.0285. The number of fused-ring (bicyclic) bond motifs is 2. The molecule has 1 atom stereocenters. The summed E-state index contributed by atoms with van der Waals surface area (Å²) in [6, 6.07) is 1.52. The van der Waals surface area contributed by atoms with E-state index in [9.17, 15) is 9.59 Å². The molecule has 0 radical (unpaired) electrons. The Kier molecular flexibility index (Phi) is 2.89. The van der Waals surface area contributed by atoms with Gasteiger partial charge < -0.3 is 14.3 Å². The fourth-order valence-corrected chi connectivity index (χ4v) is 2.64. The predicted octanol–water partition coefficient (Wildman–Crippen LogP) is 1.99. The predicted molar refractivity (Wildman–Crippen MR) is 67.2 cm³/mol. The molecule has 1 aromatic heterocycles. The molecular weight excluding hydrogens is 248 g/mol. The van der Waals surface area contributed by atoms with Crippen LogP contribution in [0.3, 0.4) is 0 Å². The summed E-state index contributed by atoms with van der Waals surface area (Å²) in [6.45, 7) is 0. The lowest BCUT2D eigenvalue weighted by Crippen LogP contribution is -2.27. The van der Waals surface area contributed by atoms with E-state index in [2.05, 4.69) is 0 Å². The third-order valence-electron chi connectivity index (χ3n) is 3.52. The van der Waals surface area contributed by atoms with E-state index in [1.54, 1.807) is 0 Å². The van der Waals surface area contributed by atoms with Crippen molar-refractivity contribution in [2.45, 2.75) is 38.2 Å². The van der Waals surface area contributed by atoms with Crippen molar-refractivity contribution in [3.63, 3.8) is 0 Å². The van der Waals surface area contributed by atoms with Gasteiger partial charge in [-0.15, -0.1) is 0 Å². The van der Waals surface area contributed by atoms with E-state index in [1.165, 1.54) is 6.07 Å². The Labute approximate surface area is 109 Å². The van der Waals surface area contributed by atoms with Gasteiger partial charge in [0.2, 0.25) is 0 Å². The Bertz CT molecular complexity index is 611. The molecule has 1 unspecified atom stereocenters. The van der Waals surface area contributed by atoms with Gasteiger partial charge in [0.25, 0.3) is 0 Å². The molecule has 5 nitrogen and oxygen atoms in total. The van der Waals surface area contributed by atoms with Gasteiger partial charge in [-0.2, -0.15) is 0 Å². The number of ether oxygens (including phenoxy) is 1. The first-order valence-electron chi connectivity index (χ1n) is 6.39. The highest BCUT2D eigenvalue weighted by Gasteiger charge is 2.27. The molecule has 1 N–H and O–H groups in total. The standard InChI is InChI=1S/C14H14O5/c15-13(16)7-9-6-12-10(14(17)18-9)5-8-3-1-2-4-11(8)19-12/h5-6,11H,1-4,7H2,(H,15,16). The van der Waals surface area contributed by atoms with E-state index in [4.69, 9.17) is 14.3 Å². The Morgan fingerprint density at radius 3 is 3.05 bits per heavy atom. The van der Waals surface area contributed by atoms with Crippen molar-refractivity contribution in [1.29, 1.82) is 0 Å². The fraction of sp³-hybridized carbons (Fsp3) is 0.429. The molecule has 5 heteroatoms. The zero-order valence-corrected chi connectivity index (χ0v) is 10.3. The van der Waals surface area contributed by atoms with Crippen LogP contribution in [0.4, 0.5) is 0 Å². The summed E-state index contributed by atoms with van der Waals surface area (Å²) in [5.41, 5.74) is 1.02. The number of hydrogen-bond donors (Lipinski definition) is 1. The molecule has 100 valence electrons. The van der Waals surface area contributed by atoms with Crippen molar-refractivity contribution in [3.8, 4) is 5.75 Å². The Hall–Kier alpha value is -2.04. The first kappa shape index (κ1) is 12.0. The van der Waals surface area contributed by atoms with Gasteiger partial charge in [0.05, 0.1) is 0 Å². The maximum atomic E-state index is 11.9. The molecule has 0 amide bonds. The molecule has 19 heavy (non-hydrogen) atoms. The van der Waals surface area contributed by atoms with E-state index in [0.29, 0.717) is 11.3 Å². The normalized spacial score (nSPS) is 20.8. The summed E-state index contributed by atoms with van der Waals surface area (Å²) in [5, 5.41) is 8.73. The maximum absolute atomic E-state index is 11.9. The number of carboxylic acid groups (broad SMARTS) is 1. The van der Waals surface area contributed by atoms with Crippen LogP contribution in [-0.4, -0.2) is 17.2 Å². The average Bonchev–Trinajstić information content (AvgIpc) is 2.36. The van der Waals surface area contributed by atoms with Crippen LogP contribution in [0.25, 0.3) is 6.08 Å². The molecule has 1 fully saturated rings. The van der Waals surface area contributed by atoms with E-state index < -0.39 is 11.6 Å². The molecule has 1 saturated carbocycles. The third kappa shape index (κ3) is 2.28. The molecule has 0 spiro atoms. The molecule has 2 heterocycles. The molecule has 2 aliphatic rings. The van der Waals surface area contributed by atoms with Crippen molar-refractivity contribution in [3.05, 3.63) is 33.4 Å². The van der Waals surface area contributed by atoms with Crippen LogP contribution >= 0.6 is 0 Å². The SMILES string of the molecule is O=C(O)Cc1cc2c(c(=O)o1)C=C1CCCCC1O2. The number of aliphatic carboxylic acids is 1. The van der Waals surface area contributed by atoms with Crippen LogP contribution < -0.4 is 10.4 Å². The van der Waals surface area contributed by atoms with Gasteiger partial charge >= 0.3 is 11.6 Å². The van der Waals surface area contributed by atoms with Crippen LogP contribution in [0.15, 0.2) is 20.9 Å². The lowest BCUT2D eigenvalue weighted by Gasteiger charge is -2.30. The van der Waals surface area contributed by atoms with Crippen molar-refractivity contribution in [1.82, 2.24) is 0 Å². The van der Waals surface area contributed by atoms with Gasteiger partial charge in [-0.25, -0.2) is 4.79 Å². The highest BCUT2D eigenvalue weighted by molar-refractivity contribution is 5.70. The second kappa shape index (κ2) is 4.57. The topological polar surface area (TPSA) is 76.7 Å². The fourth-order valence-electron chi connectivity index (χ4n) is 2.64. The van der Waals surface area contributed by atoms with Crippen LogP contribution in [0.5, 0.6) is 5.75 Å². The van der Waals surface area contributed by atoms with Crippen LogP contribution in [0.1, 0.15) is 37.0 Å². The number of hydrogen-bond acceptors (Lipinski definition) is 4. The van der Waals surface area contributed by atoms with E-state index in [1.807, 2.05) is 6.08 Å². The monoisotopic (exact) mass is 262 g/mol. The van der Waals surface area contributed by atoms with Gasteiger partial charge in [0, 0.05) is 6.07 Å². The highest BCUT2D eigenvalue weighted by Crippen LogP contribution is 2.35. The third-order valence-corrected chi connectivity index (χ3v) is 3.52. The van der Waals surface area contributed by atoms with E-state index in [-0.39, 0.29) is 18.3 Å². The molecule has 1 aliphatic carbocycles. The molecule has 1 aliphatic heterocycles. The largest absolute Gasteiger partial charge is 0.485 e. The van der Waals surface area contributed by atoms with Gasteiger partial charge in [0.15, 0.2) is 0 Å². The minimum atomic E-state index is -1.03. The van der Waals surface area contributed by atoms with Crippen molar-refractivity contribution >= 4 is 12.0 Å². The Balaban J connectivity index is 2.02. The summed E-state index contributed by atoms with van der Waals surface area (Å²) < 4.78 is 10.8.